The third-order valence-corrected chi connectivity index (χ3v) is 4.26. The molecular formula is C8H9F3N2O3S2. The number of rotatable bonds is 4. The Bertz CT molecular complexity index is 536. The van der Waals surface area contributed by atoms with Gasteiger partial charge >= 0.3 is 6.18 Å². The number of hydrogen-bond acceptors (Lipinski definition) is 4. The molecule has 0 aliphatic carbocycles. The number of halogens is 3. The molecule has 0 unspecified atom stereocenters. The van der Waals surface area contributed by atoms with Crippen molar-refractivity contribution >= 4 is 27.3 Å². The lowest BCUT2D eigenvalue weighted by atomic mass is 10.3. The molecule has 1 amide bonds. The number of alkyl halides is 3. The predicted molar refractivity (Wildman–Crippen MR) is 58.5 cm³/mol. The van der Waals surface area contributed by atoms with E-state index in [-0.39, 0.29) is 10.6 Å². The molecule has 0 bridgehead atoms. The van der Waals surface area contributed by atoms with Crippen molar-refractivity contribution in [2.45, 2.75) is 16.8 Å². The maximum Gasteiger partial charge on any atom is 0.405 e. The number of nitrogens with two attached hydrogens (primary N) is 1. The predicted octanol–water partition coefficient (Wildman–Crippen LogP) is 0.617. The summed E-state index contributed by atoms with van der Waals surface area (Å²) in [5, 5.41) is 6.53. The minimum atomic E-state index is -4.48. The van der Waals surface area contributed by atoms with Crippen molar-refractivity contribution in [2.24, 2.45) is 5.14 Å². The van der Waals surface area contributed by atoms with Gasteiger partial charge in [0.15, 0.2) is 0 Å². The highest BCUT2D eigenvalue weighted by atomic mass is 32.2. The maximum absolute atomic E-state index is 11.8. The molecule has 0 fully saturated rings. The number of hydrogen-bond donors (Lipinski definition) is 2. The molecule has 0 aliphatic rings. The second kappa shape index (κ2) is 5.24. The molecule has 1 heterocycles. The first-order valence-electron chi connectivity index (χ1n) is 4.53. The summed E-state index contributed by atoms with van der Waals surface area (Å²) in [6.07, 6.45) is -4.80. The van der Waals surface area contributed by atoms with Gasteiger partial charge in [0.2, 0.25) is 15.9 Å². The van der Waals surface area contributed by atoms with Crippen LogP contribution in [0.15, 0.2) is 16.3 Å². The van der Waals surface area contributed by atoms with Crippen LogP contribution in [0.2, 0.25) is 0 Å². The zero-order chi connectivity index (χ0) is 14.0. The average molecular weight is 302 g/mol. The normalized spacial score (nSPS) is 12.4. The monoisotopic (exact) mass is 302 g/mol. The van der Waals surface area contributed by atoms with E-state index in [1.807, 2.05) is 0 Å². The summed E-state index contributed by atoms with van der Waals surface area (Å²) >= 11 is 0.746. The number of amides is 1. The summed E-state index contributed by atoms with van der Waals surface area (Å²) in [7, 11) is -3.85. The van der Waals surface area contributed by atoms with Gasteiger partial charge in [0, 0.05) is 4.88 Å². The second-order valence-corrected chi connectivity index (χ2v) is 6.29. The van der Waals surface area contributed by atoms with E-state index in [9.17, 15) is 26.4 Å². The molecule has 0 spiro atoms. The Morgan fingerprint density at radius 1 is 1.39 bits per heavy atom. The number of carbonyl (C=O) groups is 1. The molecule has 18 heavy (non-hydrogen) atoms. The summed E-state index contributed by atoms with van der Waals surface area (Å²) in [5.41, 5.74) is 0. The van der Waals surface area contributed by atoms with E-state index >= 15 is 0 Å². The van der Waals surface area contributed by atoms with Gasteiger partial charge in [-0.3, -0.25) is 4.79 Å². The van der Waals surface area contributed by atoms with Crippen molar-refractivity contribution in [1.82, 2.24) is 5.32 Å². The van der Waals surface area contributed by atoms with Gasteiger partial charge in [-0.05, 0) is 12.1 Å². The highest BCUT2D eigenvalue weighted by Crippen LogP contribution is 2.20. The summed E-state index contributed by atoms with van der Waals surface area (Å²) in [4.78, 5) is 11.5. The first-order valence-corrected chi connectivity index (χ1v) is 6.89. The van der Waals surface area contributed by atoms with Crippen LogP contribution in [-0.4, -0.2) is 27.0 Å². The van der Waals surface area contributed by atoms with E-state index in [0.29, 0.717) is 4.88 Å². The van der Waals surface area contributed by atoms with Crippen molar-refractivity contribution in [3.8, 4) is 0 Å². The van der Waals surface area contributed by atoms with Gasteiger partial charge in [-0.1, -0.05) is 0 Å². The molecular weight excluding hydrogens is 293 g/mol. The fourth-order valence-electron chi connectivity index (χ4n) is 1.03. The minimum absolute atomic E-state index is 0.138. The Labute approximate surface area is 105 Å². The Balaban J connectivity index is 2.58. The molecule has 0 atom stereocenters. The van der Waals surface area contributed by atoms with Crippen molar-refractivity contribution in [3.05, 3.63) is 17.0 Å². The summed E-state index contributed by atoms with van der Waals surface area (Å²) in [5.74, 6) is -0.838. The van der Waals surface area contributed by atoms with Gasteiger partial charge in [-0.15, -0.1) is 11.3 Å². The van der Waals surface area contributed by atoms with Gasteiger partial charge in [0.05, 0.1) is 6.42 Å². The van der Waals surface area contributed by atoms with Crippen LogP contribution in [0.4, 0.5) is 13.2 Å². The van der Waals surface area contributed by atoms with E-state index in [1.165, 1.54) is 12.1 Å². The molecule has 1 rings (SSSR count). The van der Waals surface area contributed by atoms with Gasteiger partial charge in [0.1, 0.15) is 10.8 Å². The van der Waals surface area contributed by atoms with E-state index < -0.39 is 28.7 Å². The second-order valence-electron chi connectivity index (χ2n) is 3.33. The largest absolute Gasteiger partial charge is 0.405 e. The number of primary sulfonamides is 1. The van der Waals surface area contributed by atoms with E-state index in [4.69, 9.17) is 5.14 Å². The Morgan fingerprint density at radius 2 is 2.00 bits per heavy atom. The average Bonchev–Trinajstić information content (AvgIpc) is 2.61. The van der Waals surface area contributed by atoms with Gasteiger partial charge in [-0.25, -0.2) is 13.6 Å². The van der Waals surface area contributed by atoms with Crippen molar-refractivity contribution in [3.63, 3.8) is 0 Å². The van der Waals surface area contributed by atoms with Crippen molar-refractivity contribution in [2.75, 3.05) is 6.54 Å². The van der Waals surface area contributed by atoms with Crippen LogP contribution in [-0.2, 0) is 21.2 Å². The lowest BCUT2D eigenvalue weighted by Gasteiger charge is -2.07. The molecule has 1 aromatic heterocycles. The summed E-state index contributed by atoms with van der Waals surface area (Å²) in [6, 6.07) is 2.53. The van der Waals surface area contributed by atoms with Crippen LogP contribution in [0.1, 0.15) is 4.88 Å². The van der Waals surface area contributed by atoms with Crippen LogP contribution in [0, 0.1) is 0 Å². The number of carbonyl (C=O) groups excluding carboxylic acids is 1. The van der Waals surface area contributed by atoms with E-state index in [0.717, 1.165) is 11.3 Å². The lowest BCUT2D eigenvalue weighted by Crippen LogP contribution is -2.34. The molecule has 0 saturated carbocycles. The third kappa shape index (κ3) is 5.02. The first kappa shape index (κ1) is 14.9. The lowest BCUT2D eigenvalue weighted by molar-refractivity contribution is -0.138. The number of sulfonamides is 1. The topological polar surface area (TPSA) is 89.3 Å². The zero-order valence-corrected chi connectivity index (χ0v) is 10.5. The molecule has 0 aliphatic heterocycles. The van der Waals surface area contributed by atoms with Crippen LogP contribution < -0.4 is 10.5 Å². The van der Waals surface area contributed by atoms with E-state index in [1.54, 1.807) is 5.32 Å². The molecule has 0 radical (unpaired) electrons. The van der Waals surface area contributed by atoms with Gasteiger partial charge in [0.25, 0.3) is 0 Å². The molecule has 0 saturated heterocycles. The molecule has 0 aromatic carbocycles. The highest BCUT2D eigenvalue weighted by molar-refractivity contribution is 7.91. The SMILES string of the molecule is NS(=O)(=O)c1ccc(CC(=O)NCC(F)(F)F)s1. The number of thiophene rings is 1. The number of nitrogens with one attached hydrogen (secondary N) is 1. The highest BCUT2D eigenvalue weighted by Gasteiger charge is 2.27. The quantitative estimate of drug-likeness (QED) is 0.854. The molecule has 1 aromatic rings. The maximum atomic E-state index is 11.8. The molecule has 3 N–H and O–H groups in total. The van der Waals surface area contributed by atoms with E-state index in [2.05, 4.69) is 0 Å². The molecule has 102 valence electrons. The minimum Gasteiger partial charge on any atom is -0.347 e. The first-order chi connectivity index (χ1) is 8.08. The Hall–Kier alpha value is -1.13. The molecule has 10 heteroatoms. The Morgan fingerprint density at radius 3 is 2.44 bits per heavy atom. The van der Waals surface area contributed by atoms with Crippen LogP contribution in [0.3, 0.4) is 0 Å². The van der Waals surface area contributed by atoms with Crippen LogP contribution >= 0.6 is 11.3 Å². The van der Waals surface area contributed by atoms with Gasteiger partial charge in [-0.2, -0.15) is 13.2 Å². The van der Waals surface area contributed by atoms with Crippen LogP contribution in [0.5, 0.6) is 0 Å². The fourth-order valence-corrected chi connectivity index (χ4v) is 2.80. The summed E-state index contributed by atoms with van der Waals surface area (Å²) in [6.45, 7) is -1.42. The van der Waals surface area contributed by atoms with Gasteiger partial charge < -0.3 is 5.32 Å². The smallest absolute Gasteiger partial charge is 0.347 e. The van der Waals surface area contributed by atoms with Crippen molar-refractivity contribution < 1.29 is 26.4 Å². The zero-order valence-electron chi connectivity index (χ0n) is 8.82. The third-order valence-electron chi connectivity index (χ3n) is 1.74. The fraction of sp³-hybridized carbons (Fsp3) is 0.375. The summed E-state index contributed by atoms with van der Waals surface area (Å²) < 4.78 is 57.1. The van der Waals surface area contributed by atoms with Crippen molar-refractivity contribution in [1.29, 1.82) is 0 Å². The standard InChI is InChI=1S/C8H9F3N2O3S2/c9-8(10,11)4-13-6(14)3-5-1-2-7(17-5)18(12,15)16/h1-2H,3-4H2,(H,13,14)(H2,12,15,16). The van der Waals surface area contributed by atoms with Crippen LogP contribution in [0.25, 0.3) is 0 Å². The Kier molecular flexibility index (Phi) is 4.35. The molecule has 5 nitrogen and oxygen atoms in total.